The number of nitrogens with one attached hydrogen (secondary N) is 1. The molecule has 0 spiro atoms. The molecule has 0 fully saturated rings. The minimum absolute atomic E-state index is 0.0247. The lowest BCUT2D eigenvalue weighted by Crippen LogP contribution is -2.28. The number of carbonyl (C=O) groups excluding carboxylic acids is 1. The Hall–Kier alpha value is -1.10. The third-order valence-electron chi connectivity index (χ3n) is 2.34. The van der Waals surface area contributed by atoms with Crippen molar-refractivity contribution in [3.8, 4) is 0 Å². The van der Waals surface area contributed by atoms with Crippen molar-refractivity contribution in [2.75, 3.05) is 27.2 Å². The van der Waals surface area contributed by atoms with Crippen molar-refractivity contribution < 1.29 is 14.7 Å². The van der Waals surface area contributed by atoms with Crippen LogP contribution in [0.1, 0.15) is 26.2 Å². The van der Waals surface area contributed by atoms with Crippen molar-refractivity contribution in [2.45, 2.75) is 26.2 Å². The standard InChI is InChI=1S/C11H22N2O3/c1-9(11(15)16)5-4-7-12-10(14)6-8-13(2)3/h9H,4-8H2,1-3H3,(H,12,14)(H,15,16). The summed E-state index contributed by atoms with van der Waals surface area (Å²) in [6, 6.07) is 0. The van der Waals surface area contributed by atoms with Crippen LogP contribution in [0.15, 0.2) is 0 Å². The van der Waals surface area contributed by atoms with Crippen molar-refractivity contribution in [2.24, 2.45) is 5.92 Å². The van der Waals surface area contributed by atoms with Gasteiger partial charge in [-0.2, -0.15) is 0 Å². The molecule has 1 atom stereocenters. The first kappa shape index (κ1) is 14.9. The largest absolute Gasteiger partial charge is 0.481 e. The van der Waals surface area contributed by atoms with Gasteiger partial charge in [-0.25, -0.2) is 0 Å². The van der Waals surface area contributed by atoms with Gasteiger partial charge in [0.25, 0.3) is 0 Å². The van der Waals surface area contributed by atoms with Crippen molar-refractivity contribution >= 4 is 11.9 Å². The van der Waals surface area contributed by atoms with E-state index in [-0.39, 0.29) is 11.8 Å². The average molecular weight is 230 g/mol. The molecule has 5 nitrogen and oxygen atoms in total. The summed E-state index contributed by atoms with van der Waals surface area (Å²) in [5.41, 5.74) is 0. The van der Waals surface area contributed by atoms with Crippen LogP contribution in [0.2, 0.25) is 0 Å². The Morgan fingerprint density at radius 3 is 2.50 bits per heavy atom. The second kappa shape index (κ2) is 8.10. The van der Waals surface area contributed by atoms with Crippen molar-refractivity contribution in [3.63, 3.8) is 0 Å². The molecule has 0 radical (unpaired) electrons. The number of carboxylic acid groups (broad SMARTS) is 1. The number of amides is 1. The van der Waals surface area contributed by atoms with Gasteiger partial charge in [0.05, 0.1) is 5.92 Å². The van der Waals surface area contributed by atoms with Crippen LogP contribution in [0.3, 0.4) is 0 Å². The van der Waals surface area contributed by atoms with E-state index in [1.54, 1.807) is 6.92 Å². The third-order valence-corrected chi connectivity index (χ3v) is 2.34. The first-order chi connectivity index (χ1) is 7.43. The van der Waals surface area contributed by atoms with Gasteiger partial charge in [-0.1, -0.05) is 6.92 Å². The highest BCUT2D eigenvalue weighted by Crippen LogP contribution is 2.04. The summed E-state index contributed by atoms with van der Waals surface area (Å²) in [5.74, 6) is -1.09. The van der Waals surface area contributed by atoms with E-state index in [1.807, 2.05) is 19.0 Å². The second-order valence-corrected chi connectivity index (χ2v) is 4.28. The first-order valence-corrected chi connectivity index (χ1v) is 5.57. The van der Waals surface area contributed by atoms with Gasteiger partial charge < -0.3 is 15.3 Å². The van der Waals surface area contributed by atoms with E-state index in [0.717, 1.165) is 6.54 Å². The van der Waals surface area contributed by atoms with Crippen LogP contribution in [-0.4, -0.2) is 49.1 Å². The van der Waals surface area contributed by atoms with Crippen molar-refractivity contribution in [1.82, 2.24) is 10.2 Å². The number of nitrogens with zero attached hydrogens (tertiary/aromatic N) is 1. The maximum absolute atomic E-state index is 11.3. The topological polar surface area (TPSA) is 69.6 Å². The summed E-state index contributed by atoms with van der Waals surface area (Å²) in [7, 11) is 3.84. The van der Waals surface area contributed by atoms with Gasteiger partial charge in [0.15, 0.2) is 0 Å². The lowest BCUT2D eigenvalue weighted by Gasteiger charge is -2.10. The van der Waals surface area contributed by atoms with Crippen LogP contribution in [0.4, 0.5) is 0 Å². The molecule has 0 bridgehead atoms. The fourth-order valence-electron chi connectivity index (χ4n) is 1.17. The summed E-state index contributed by atoms with van der Waals surface area (Å²) < 4.78 is 0. The molecule has 0 rings (SSSR count). The Labute approximate surface area is 96.8 Å². The lowest BCUT2D eigenvalue weighted by atomic mass is 10.1. The van der Waals surface area contributed by atoms with Crippen LogP contribution in [0, 0.1) is 5.92 Å². The maximum atomic E-state index is 11.3. The predicted octanol–water partition coefficient (Wildman–Crippen LogP) is 0.555. The molecule has 0 aromatic rings. The molecular formula is C11H22N2O3. The number of carbonyl (C=O) groups is 2. The fourth-order valence-corrected chi connectivity index (χ4v) is 1.17. The summed E-state index contributed by atoms with van der Waals surface area (Å²) >= 11 is 0. The van der Waals surface area contributed by atoms with Gasteiger partial charge in [0.1, 0.15) is 0 Å². The first-order valence-electron chi connectivity index (χ1n) is 5.57. The van der Waals surface area contributed by atoms with Gasteiger partial charge >= 0.3 is 5.97 Å². The molecule has 2 N–H and O–H groups in total. The van der Waals surface area contributed by atoms with Crippen LogP contribution >= 0.6 is 0 Å². The summed E-state index contributed by atoms with van der Waals surface area (Å²) in [4.78, 5) is 23.7. The summed E-state index contributed by atoms with van der Waals surface area (Å²) in [6.45, 7) is 2.97. The highest BCUT2D eigenvalue weighted by molar-refractivity contribution is 5.76. The van der Waals surface area contributed by atoms with Gasteiger partial charge in [-0.05, 0) is 26.9 Å². The van der Waals surface area contributed by atoms with E-state index in [2.05, 4.69) is 5.32 Å². The molecular weight excluding hydrogens is 208 g/mol. The van der Waals surface area contributed by atoms with Crippen molar-refractivity contribution in [3.05, 3.63) is 0 Å². The molecule has 16 heavy (non-hydrogen) atoms. The zero-order valence-corrected chi connectivity index (χ0v) is 10.3. The molecule has 1 amide bonds. The molecule has 0 saturated heterocycles. The highest BCUT2D eigenvalue weighted by atomic mass is 16.4. The van der Waals surface area contributed by atoms with Crippen LogP contribution < -0.4 is 5.32 Å². The number of hydrogen-bond donors (Lipinski definition) is 2. The zero-order valence-electron chi connectivity index (χ0n) is 10.3. The average Bonchev–Trinajstić information content (AvgIpc) is 2.20. The van der Waals surface area contributed by atoms with Crippen LogP contribution in [0.25, 0.3) is 0 Å². The Bertz CT molecular complexity index is 229. The van der Waals surface area contributed by atoms with E-state index in [4.69, 9.17) is 5.11 Å². The minimum atomic E-state index is -0.779. The van der Waals surface area contributed by atoms with Gasteiger partial charge in [-0.3, -0.25) is 9.59 Å². The molecule has 5 heteroatoms. The molecule has 94 valence electrons. The number of aliphatic carboxylic acids is 1. The molecule has 0 heterocycles. The summed E-state index contributed by atoms with van der Waals surface area (Å²) in [5, 5.41) is 11.4. The predicted molar refractivity (Wildman–Crippen MR) is 62.2 cm³/mol. The van der Waals surface area contributed by atoms with E-state index < -0.39 is 5.97 Å². The van der Waals surface area contributed by atoms with E-state index >= 15 is 0 Å². The molecule has 0 aliphatic carbocycles. The second-order valence-electron chi connectivity index (χ2n) is 4.28. The molecule has 0 aromatic heterocycles. The van der Waals surface area contributed by atoms with E-state index in [1.165, 1.54) is 0 Å². The quantitative estimate of drug-likeness (QED) is 0.598. The molecule has 1 unspecified atom stereocenters. The van der Waals surface area contributed by atoms with Crippen LogP contribution in [0.5, 0.6) is 0 Å². The van der Waals surface area contributed by atoms with Gasteiger partial charge in [0.2, 0.25) is 5.91 Å². The number of hydrogen-bond acceptors (Lipinski definition) is 3. The molecule has 0 aromatic carbocycles. The number of carboxylic acids is 1. The summed E-state index contributed by atoms with van der Waals surface area (Å²) in [6.07, 6.45) is 1.80. The van der Waals surface area contributed by atoms with Gasteiger partial charge in [0, 0.05) is 19.5 Å². The fraction of sp³-hybridized carbons (Fsp3) is 0.818. The van der Waals surface area contributed by atoms with Crippen molar-refractivity contribution in [1.29, 1.82) is 0 Å². The SMILES string of the molecule is CC(CCCNC(=O)CCN(C)C)C(=O)O. The van der Waals surface area contributed by atoms with E-state index in [9.17, 15) is 9.59 Å². The Morgan fingerprint density at radius 2 is 2.00 bits per heavy atom. The Balaban J connectivity index is 3.44. The van der Waals surface area contributed by atoms with Crippen LogP contribution in [-0.2, 0) is 9.59 Å². The molecule has 0 saturated carbocycles. The van der Waals surface area contributed by atoms with Gasteiger partial charge in [-0.15, -0.1) is 0 Å². The maximum Gasteiger partial charge on any atom is 0.306 e. The molecule has 0 aliphatic heterocycles. The smallest absolute Gasteiger partial charge is 0.306 e. The normalized spacial score (nSPS) is 12.5. The zero-order chi connectivity index (χ0) is 12.6. The monoisotopic (exact) mass is 230 g/mol. The van der Waals surface area contributed by atoms with E-state index in [0.29, 0.717) is 25.8 Å². The highest BCUT2D eigenvalue weighted by Gasteiger charge is 2.10. The lowest BCUT2D eigenvalue weighted by molar-refractivity contribution is -0.141. The molecule has 0 aliphatic rings. The Kier molecular flexibility index (Phi) is 7.54. The third kappa shape index (κ3) is 8.23. The minimum Gasteiger partial charge on any atom is -0.481 e. The Morgan fingerprint density at radius 1 is 1.38 bits per heavy atom. The number of rotatable bonds is 8.